The molecule has 0 amide bonds. The molecule has 116 valence electrons. The van der Waals surface area contributed by atoms with Gasteiger partial charge in [0, 0.05) is 38.3 Å². The number of nitrogens with zero attached hydrogens (tertiary/aromatic N) is 2. The number of likely N-dealkylation sites (tertiary alicyclic amines) is 2. The number of nitrogens with two attached hydrogens (primary N) is 1. The lowest BCUT2D eigenvalue weighted by Gasteiger charge is -2.41. The van der Waals surface area contributed by atoms with Crippen molar-refractivity contribution in [1.29, 1.82) is 0 Å². The normalized spacial score (nSPS) is 31.6. The fraction of sp³-hybridized carbons (Fsp3) is 0.667. The third-order valence-electron chi connectivity index (χ3n) is 5.33. The van der Waals surface area contributed by atoms with Gasteiger partial charge in [0.05, 0.1) is 0 Å². The molecule has 0 bridgehead atoms. The molecular weight excluding hydrogens is 258 g/mol. The molecule has 0 spiro atoms. The Hall–Kier alpha value is -0.900. The van der Waals surface area contributed by atoms with Crippen LogP contribution in [0.4, 0.5) is 0 Å². The second kappa shape index (κ2) is 6.91. The molecule has 2 heterocycles. The fourth-order valence-corrected chi connectivity index (χ4v) is 3.98. The molecule has 2 aliphatic rings. The predicted molar refractivity (Wildman–Crippen MR) is 88.1 cm³/mol. The van der Waals surface area contributed by atoms with Crippen molar-refractivity contribution in [1.82, 2.24) is 9.80 Å². The van der Waals surface area contributed by atoms with E-state index < -0.39 is 0 Å². The zero-order chi connectivity index (χ0) is 14.7. The molecule has 3 heteroatoms. The third kappa shape index (κ3) is 3.65. The van der Waals surface area contributed by atoms with E-state index in [0.717, 1.165) is 25.2 Å². The summed E-state index contributed by atoms with van der Waals surface area (Å²) >= 11 is 0. The van der Waals surface area contributed by atoms with Crippen LogP contribution in [0.25, 0.3) is 0 Å². The van der Waals surface area contributed by atoms with E-state index in [1.165, 1.54) is 44.5 Å². The van der Waals surface area contributed by atoms with E-state index in [1.807, 2.05) is 0 Å². The van der Waals surface area contributed by atoms with Gasteiger partial charge in [-0.05, 0) is 44.2 Å². The number of hydrogen-bond donors (Lipinski definition) is 1. The summed E-state index contributed by atoms with van der Waals surface area (Å²) in [5.41, 5.74) is 7.34. The van der Waals surface area contributed by atoms with Gasteiger partial charge in [0.15, 0.2) is 0 Å². The Kier molecular flexibility index (Phi) is 4.94. The minimum absolute atomic E-state index is 0.712. The highest BCUT2D eigenvalue weighted by atomic mass is 15.3. The third-order valence-corrected chi connectivity index (χ3v) is 5.33. The molecular formula is C18H29N3. The molecule has 21 heavy (non-hydrogen) atoms. The Morgan fingerprint density at radius 3 is 2.67 bits per heavy atom. The first kappa shape index (κ1) is 15.0. The average molecular weight is 287 g/mol. The molecule has 3 nitrogen and oxygen atoms in total. The van der Waals surface area contributed by atoms with E-state index in [-0.39, 0.29) is 0 Å². The van der Waals surface area contributed by atoms with Crippen LogP contribution in [0.15, 0.2) is 30.3 Å². The number of rotatable bonds is 4. The molecule has 0 radical (unpaired) electrons. The van der Waals surface area contributed by atoms with Gasteiger partial charge in [-0.15, -0.1) is 0 Å². The van der Waals surface area contributed by atoms with Crippen molar-refractivity contribution >= 4 is 0 Å². The molecule has 0 aromatic heterocycles. The van der Waals surface area contributed by atoms with Crippen molar-refractivity contribution in [2.24, 2.45) is 11.7 Å². The van der Waals surface area contributed by atoms with Crippen LogP contribution >= 0.6 is 0 Å². The highest BCUT2D eigenvalue weighted by Crippen LogP contribution is 2.27. The van der Waals surface area contributed by atoms with E-state index >= 15 is 0 Å². The molecule has 2 saturated heterocycles. The van der Waals surface area contributed by atoms with Crippen molar-refractivity contribution in [2.75, 3.05) is 26.2 Å². The van der Waals surface area contributed by atoms with Gasteiger partial charge in [-0.2, -0.15) is 0 Å². The number of benzene rings is 1. The standard InChI is InChI=1S/C18H29N3/c1-15-7-8-17(11-19)13-21(15)18-9-10-20(14-18)12-16-5-3-2-4-6-16/h2-6,15,17-18H,7-14,19H2,1H3. The SMILES string of the molecule is CC1CCC(CN)CN1C1CCN(Cc2ccccc2)C1. The Bertz CT molecular complexity index is 433. The van der Waals surface area contributed by atoms with Crippen molar-refractivity contribution in [2.45, 2.75) is 44.8 Å². The topological polar surface area (TPSA) is 32.5 Å². The van der Waals surface area contributed by atoms with E-state index in [9.17, 15) is 0 Å². The fourth-order valence-electron chi connectivity index (χ4n) is 3.98. The van der Waals surface area contributed by atoms with Gasteiger partial charge in [-0.3, -0.25) is 9.80 Å². The molecule has 0 saturated carbocycles. The first-order valence-electron chi connectivity index (χ1n) is 8.48. The first-order valence-corrected chi connectivity index (χ1v) is 8.48. The highest BCUT2D eigenvalue weighted by molar-refractivity contribution is 5.14. The molecule has 2 N–H and O–H groups in total. The second-order valence-electron chi connectivity index (χ2n) is 6.89. The summed E-state index contributed by atoms with van der Waals surface area (Å²) in [5.74, 6) is 0.712. The quantitative estimate of drug-likeness (QED) is 0.922. The Morgan fingerprint density at radius 2 is 1.90 bits per heavy atom. The highest BCUT2D eigenvalue weighted by Gasteiger charge is 2.34. The maximum atomic E-state index is 5.90. The predicted octanol–water partition coefficient (Wildman–Crippen LogP) is 2.32. The molecule has 0 aliphatic carbocycles. The smallest absolute Gasteiger partial charge is 0.0238 e. The average Bonchev–Trinajstić information content (AvgIpc) is 2.97. The summed E-state index contributed by atoms with van der Waals surface area (Å²) in [7, 11) is 0. The lowest BCUT2D eigenvalue weighted by Crippen LogP contribution is -2.50. The van der Waals surface area contributed by atoms with Crippen LogP contribution in [0.5, 0.6) is 0 Å². The molecule has 2 aliphatic heterocycles. The lowest BCUT2D eigenvalue weighted by atomic mass is 9.92. The summed E-state index contributed by atoms with van der Waals surface area (Å²) in [6, 6.07) is 12.3. The van der Waals surface area contributed by atoms with Gasteiger partial charge < -0.3 is 5.73 Å². The summed E-state index contributed by atoms with van der Waals surface area (Å²) in [5, 5.41) is 0. The Morgan fingerprint density at radius 1 is 1.10 bits per heavy atom. The summed E-state index contributed by atoms with van der Waals surface area (Å²) in [4.78, 5) is 5.35. The second-order valence-corrected chi connectivity index (χ2v) is 6.89. The lowest BCUT2D eigenvalue weighted by molar-refractivity contribution is 0.0761. The molecule has 1 aromatic carbocycles. The molecule has 3 rings (SSSR count). The van der Waals surface area contributed by atoms with Gasteiger partial charge in [0.2, 0.25) is 0 Å². The van der Waals surface area contributed by atoms with E-state index in [2.05, 4.69) is 47.1 Å². The van der Waals surface area contributed by atoms with Crippen LogP contribution in [-0.4, -0.2) is 48.1 Å². The summed E-state index contributed by atoms with van der Waals surface area (Å²) in [6.07, 6.45) is 3.94. The van der Waals surface area contributed by atoms with Gasteiger partial charge in [-0.25, -0.2) is 0 Å². The van der Waals surface area contributed by atoms with Crippen LogP contribution in [0.1, 0.15) is 31.7 Å². The van der Waals surface area contributed by atoms with Crippen molar-refractivity contribution in [3.8, 4) is 0 Å². The van der Waals surface area contributed by atoms with Crippen LogP contribution in [0, 0.1) is 5.92 Å². The van der Waals surface area contributed by atoms with E-state index in [1.54, 1.807) is 0 Å². The molecule has 3 atom stereocenters. The maximum Gasteiger partial charge on any atom is 0.0238 e. The van der Waals surface area contributed by atoms with Crippen LogP contribution < -0.4 is 5.73 Å². The Balaban J connectivity index is 1.56. The molecule has 2 fully saturated rings. The van der Waals surface area contributed by atoms with Gasteiger partial charge in [0.1, 0.15) is 0 Å². The van der Waals surface area contributed by atoms with Crippen LogP contribution in [0.3, 0.4) is 0 Å². The first-order chi connectivity index (χ1) is 10.3. The largest absolute Gasteiger partial charge is 0.330 e. The monoisotopic (exact) mass is 287 g/mol. The molecule has 1 aromatic rings. The van der Waals surface area contributed by atoms with Crippen molar-refractivity contribution < 1.29 is 0 Å². The van der Waals surface area contributed by atoms with Crippen molar-refractivity contribution in [3.05, 3.63) is 35.9 Å². The minimum Gasteiger partial charge on any atom is -0.330 e. The maximum absolute atomic E-state index is 5.90. The van der Waals surface area contributed by atoms with Gasteiger partial charge in [0.25, 0.3) is 0 Å². The zero-order valence-corrected chi connectivity index (χ0v) is 13.2. The van der Waals surface area contributed by atoms with Crippen LogP contribution in [0.2, 0.25) is 0 Å². The Labute approximate surface area is 129 Å². The summed E-state index contributed by atoms with van der Waals surface area (Å²) < 4.78 is 0. The zero-order valence-electron chi connectivity index (χ0n) is 13.2. The molecule has 3 unspecified atom stereocenters. The minimum atomic E-state index is 0.712. The summed E-state index contributed by atoms with van der Waals surface area (Å²) in [6.45, 7) is 8.00. The van der Waals surface area contributed by atoms with Gasteiger partial charge in [-0.1, -0.05) is 30.3 Å². The van der Waals surface area contributed by atoms with Gasteiger partial charge >= 0.3 is 0 Å². The van der Waals surface area contributed by atoms with E-state index in [4.69, 9.17) is 5.73 Å². The number of hydrogen-bond acceptors (Lipinski definition) is 3. The number of piperidine rings is 1. The van der Waals surface area contributed by atoms with E-state index in [0.29, 0.717) is 5.92 Å². The van der Waals surface area contributed by atoms with Crippen molar-refractivity contribution in [3.63, 3.8) is 0 Å². The van der Waals surface area contributed by atoms with Crippen LogP contribution in [-0.2, 0) is 6.54 Å².